The fourth-order valence-electron chi connectivity index (χ4n) is 1.21. The van der Waals surface area contributed by atoms with Crippen LogP contribution in [0.1, 0.15) is 15.9 Å². The van der Waals surface area contributed by atoms with Crippen LogP contribution in [0, 0.1) is 6.92 Å². The first kappa shape index (κ1) is 12.4. The van der Waals surface area contributed by atoms with Crippen LogP contribution < -0.4 is 5.32 Å². The molecule has 0 atom stereocenters. The van der Waals surface area contributed by atoms with E-state index in [9.17, 15) is 4.79 Å². The standard InChI is InChI=1S/C10H11ClN4O/c1-7-8(3-2-4-9(7)11)10(16)13-5-6-14-15-12/h2-4H,5-6H2,1H3,(H,13,16). The van der Waals surface area contributed by atoms with Crippen molar-refractivity contribution in [3.05, 3.63) is 44.8 Å². The minimum absolute atomic E-state index is 0.215. The number of carbonyl (C=O) groups excluding carboxylic acids is 1. The molecule has 1 aromatic carbocycles. The van der Waals surface area contributed by atoms with E-state index < -0.39 is 0 Å². The van der Waals surface area contributed by atoms with E-state index in [1.807, 2.05) is 0 Å². The molecule has 0 saturated heterocycles. The normalized spacial score (nSPS) is 9.38. The first-order chi connectivity index (χ1) is 7.66. The van der Waals surface area contributed by atoms with Crippen molar-refractivity contribution in [2.45, 2.75) is 6.92 Å². The molecule has 0 unspecified atom stereocenters. The molecule has 1 amide bonds. The molecule has 0 heterocycles. The van der Waals surface area contributed by atoms with E-state index in [2.05, 4.69) is 15.3 Å². The Hall–Kier alpha value is -1.71. The number of hydrogen-bond donors (Lipinski definition) is 1. The molecule has 0 spiro atoms. The molecule has 5 nitrogen and oxygen atoms in total. The third kappa shape index (κ3) is 3.15. The van der Waals surface area contributed by atoms with Gasteiger partial charge in [0.15, 0.2) is 0 Å². The van der Waals surface area contributed by atoms with E-state index in [4.69, 9.17) is 17.1 Å². The fourth-order valence-corrected chi connectivity index (χ4v) is 1.39. The van der Waals surface area contributed by atoms with Crippen LogP contribution in [0.2, 0.25) is 5.02 Å². The number of azide groups is 1. The first-order valence-corrected chi connectivity index (χ1v) is 5.08. The van der Waals surface area contributed by atoms with Crippen LogP contribution in [0.5, 0.6) is 0 Å². The van der Waals surface area contributed by atoms with Crippen molar-refractivity contribution >= 4 is 17.5 Å². The highest BCUT2D eigenvalue weighted by molar-refractivity contribution is 6.31. The lowest BCUT2D eigenvalue weighted by Gasteiger charge is -2.07. The van der Waals surface area contributed by atoms with Crippen LogP contribution in [0.15, 0.2) is 23.3 Å². The number of nitrogens with zero attached hydrogens (tertiary/aromatic N) is 3. The van der Waals surface area contributed by atoms with E-state index in [1.54, 1.807) is 25.1 Å². The Bertz CT molecular complexity index is 440. The zero-order chi connectivity index (χ0) is 12.0. The molecular weight excluding hydrogens is 228 g/mol. The van der Waals surface area contributed by atoms with Crippen LogP contribution in [0.4, 0.5) is 0 Å². The summed E-state index contributed by atoms with van der Waals surface area (Å²) in [5.41, 5.74) is 9.33. The highest BCUT2D eigenvalue weighted by atomic mass is 35.5. The van der Waals surface area contributed by atoms with Gasteiger partial charge in [-0.1, -0.05) is 22.8 Å². The van der Waals surface area contributed by atoms with Gasteiger partial charge in [-0.3, -0.25) is 4.79 Å². The average Bonchev–Trinajstić information content (AvgIpc) is 2.28. The number of amides is 1. The molecule has 0 aromatic heterocycles. The summed E-state index contributed by atoms with van der Waals surface area (Å²) in [6.07, 6.45) is 0. The van der Waals surface area contributed by atoms with Crippen LogP contribution in [-0.2, 0) is 0 Å². The summed E-state index contributed by atoms with van der Waals surface area (Å²) in [6.45, 7) is 2.33. The van der Waals surface area contributed by atoms with Gasteiger partial charge >= 0.3 is 0 Å². The molecule has 16 heavy (non-hydrogen) atoms. The first-order valence-electron chi connectivity index (χ1n) is 4.71. The van der Waals surface area contributed by atoms with Crippen molar-refractivity contribution in [2.75, 3.05) is 13.1 Å². The number of nitrogens with one attached hydrogen (secondary N) is 1. The zero-order valence-corrected chi connectivity index (χ0v) is 9.53. The van der Waals surface area contributed by atoms with E-state index in [1.165, 1.54) is 0 Å². The third-order valence-corrected chi connectivity index (χ3v) is 2.48. The molecule has 1 rings (SSSR count). The molecule has 0 bridgehead atoms. The number of rotatable bonds is 4. The summed E-state index contributed by atoms with van der Waals surface area (Å²) < 4.78 is 0. The van der Waals surface area contributed by atoms with Crippen molar-refractivity contribution in [1.82, 2.24) is 5.32 Å². The maximum atomic E-state index is 11.7. The van der Waals surface area contributed by atoms with Gasteiger partial charge in [0.05, 0.1) is 0 Å². The SMILES string of the molecule is Cc1c(Cl)cccc1C(=O)NCCN=[N+]=[N-]. The third-order valence-electron chi connectivity index (χ3n) is 2.07. The van der Waals surface area contributed by atoms with E-state index >= 15 is 0 Å². The Morgan fingerprint density at radius 2 is 2.38 bits per heavy atom. The van der Waals surface area contributed by atoms with Crippen molar-refractivity contribution in [3.63, 3.8) is 0 Å². The second-order valence-electron chi connectivity index (χ2n) is 3.12. The monoisotopic (exact) mass is 238 g/mol. The Balaban J connectivity index is 2.66. The zero-order valence-electron chi connectivity index (χ0n) is 8.77. The Morgan fingerprint density at radius 1 is 1.62 bits per heavy atom. The lowest BCUT2D eigenvalue weighted by atomic mass is 10.1. The van der Waals surface area contributed by atoms with E-state index in [-0.39, 0.29) is 12.5 Å². The van der Waals surface area contributed by atoms with Gasteiger partial charge in [0, 0.05) is 28.6 Å². The summed E-state index contributed by atoms with van der Waals surface area (Å²) in [7, 11) is 0. The molecule has 1 N–H and O–H groups in total. The predicted molar refractivity (Wildman–Crippen MR) is 62.5 cm³/mol. The van der Waals surface area contributed by atoms with Crippen molar-refractivity contribution in [1.29, 1.82) is 0 Å². The van der Waals surface area contributed by atoms with Crippen molar-refractivity contribution in [3.8, 4) is 0 Å². The molecule has 0 aliphatic carbocycles. The fraction of sp³-hybridized carbons (Fsp3) is 0.300. The van der Waals surface area contributed by atoms with Gasteiger partial charge in [0.25, 0.3) is 5.91 Å². The van der Waals surface area contributed by atoms with Crippen molar-refractivity contribution in [2.24, 2.45) is 5.11 Å². The molecule has 84 valence electrons. The molecule has 0 radical (unpaired) electrons. The summed E-state index contributed by atoms with van der Waals surface area (Å²) >= 11 is 5.90. The van der Waals surface area contributed by atoms with Crippen LogP contribution >= 0.6 is 11.6 Å². The smallest absolute Gasteiger partial charge is 0.251 e. The van der Waals surface area contributed by atoms with Crippen LogP contribution in [0.3, 0.4) is 0 Å². The van der Waals surface area contributed by atoms with Gasteiger partial charge in [-0.2, -0.15) is 0 Å². The largest absolute Gasteiger partial charge is 0.352 e. The van der Waals surface area contributed by atoms with E-state index in [0.29, 0.717) is 17.1 Å². The molecule has 0 aliphatic rings. The minimum atomic E-state index is -0.215. The quantitative estimate of drug-likeness (QED) is 0.372. The molecule has 1 aromatic rings. The van der Waals surface area contributed by atoms with Crippen LogP contribution in [0.25, 0.3) is 10.4 Å². The van der Waals surface area contributed by atoms with Crippen LogP contribution in [-0.4, -0.2) is 19.0 Å². The molecular formula is C10H11ClN4O. The Morgan fingerprint density at radius 3 is 3.06 bits per heavy atom. The number of hydrogen-bond acceptors (Lipinski definition) is 2. The summed E-state index contributed by atoms with van der Waals surface area (Å²) in [6, 6.07) is 5.15. The highest BCUT2D eigenvalue weighted by Gasteiger charge is 2.09. The number of halogens is 1. The second-order valence-corrected chi connectivity index (χ2v) is 3.53. The Kier molecular flexibility index (Phi) is 4.64. The van der Waals surface area contributed by atoms with Crippen molar-refractivity contribution < 1.29 is 4.79 Å². The minimum Gasteiger partial charge on any atom is -0.352 e. The number of carbonyl (C=O) groups is 1. The van der Waals surface area contributed by atoms with Gasteiger partial charge < -0.3 is 5.32 Å². The maximum Gasteiger partial charge on any atom is 0.251 e. The average molecular weight is 239 g/mol. The van der Waals surface area contributed by atoms with Gasteiger partial charge in [0.1, 0.15) is 0 Å². The maximum absolute atomic E-state index is 11.7. The lowest BCUT2D eigenvalue weighted by molar-refractivity contribution is 0.0954. The summed E-state index contributed by atoms with van der Waals surface area (Å²) in [5.74, 6) is -0.215. The number of benzene rings is 1. The van der Waals surface area contributed by atoms with Gasteiger partial charge in [0.2, 0.25) is 0 Å². The summed E-state index contributed by atoms with van der Waals surface area (Å²) in [4.78, 5) is 14.3. The molecule has 0 saturated carbocycles. The molecule has 0 aliphatic heterocycles. The van der Waals surface area contributed by atoms with Gasteiger partial charge in [-0.15, -0.1) is 0 Å². The topological polar surface area (TPSA) is 77.9 Å². The second kappa shape index (κ2) is 6.00. The van der Waals surface area contributed by atoms with Gasteiger partial charge in [-0.05, 0) is 30.2 Å². The lowest BCUT2D eigenvalue weighted by Crippen LogP contribution is -2.26. The predicted octanol–water partition coefficient (Wildman–Crippen LogP) is 2.69. The Labute approximate surface area is 98.0 Å². The highest BCUT2D eigenvalue weighted by Crippen LogP contribution is 2.18. The molecule has 0 fully saturated rings. The van der Waals surface area contributed by atoms with E-state index in [0.717, 1.165) is 5.56 Å². The van der Waals surface area contributed by atoms with Gasteiger partial charge in [-0.25, -0.2) is 0 Å². The molecule has 6 heteroatoms. The summed E-state index contributed by atoms with van der Waals surface area (Å²) in [5, 5.41) is 6.51.